The normalized spacial score (nSPS) is 48.7. The Labute approximate surface area is 111 Å². The van der Waals surface area contributed by atoms with Crippen LogP contribution in [-0.4, -0.2) is 21.4 Å². The van der Waals surface area contributed by atoms with Gasteiger partial charge in [-0.15, -0.1) is 0 Å². The number of aliphatic hydroxyl groups is 2. The Morgan fingerprint density at radius 3 is 2.17 bits per heavy atom. The third kappa shape index (κ3) is 1.61. The van der Waals surface area contributed by atoms with Crippen LogP contribution in [0.1, 0.15) is 71.6 Å². The van der Waals surface area contributed by atoms with E-state index in [1.165, 1.54) is 25.7 Å². The summed E-state index contributed by atoms with van der Waals surface area (Å²) in [6, 6.07) is 0. The van der Waals surface area contributed by atoms with Gasteiger partial charge in [-0.3, -0.25) is 0 Å². The summed E-state index contributed by atoms with van der Waals surface area (Å²) in [5, 5.41) is 21.9. The van der Waals surface area contributed by atoms with Gasteiger partial charge >= 0.3 is 0 Å². The Morgan fingerprint density at radius 1 is 0.944 bits per heavy atom. The minimum Gasteiger partial charge on any atom is -0.390 e. The first-order valence-corrected chi connectivity index (χ1v) is 7.84. The summed E-state index contributed by atoms with van der Waals surface area (Å²) in [6.45, 7) is 3.96. The second-order valence-corrected chi connectivity index (χ2v) is 7.69. The fourth-order valence-electron chi connectivity index (χ4n) is 5.81. The molecule has 3 rings (SSSR count). The smallest absolute Gasteiger partial charge is 0.0684 e. The van der Waals surface area contributed by atoms with Gasteiger partial charge < -0.3 is 10.2 Å². The molecule has 4 unspecified atom stereocenters. The third-order valence-corrected chi connectivity index (χ3v) is 6.48. The van der Waals surface area contributed by atoms with E-state index in [9.17, 15) is 10.2 Å². The molecule has 0 aromatic carbocycles. The van der Waals surface area contributed by atoms with Crippen molar-refractivity contribution < 1.29 is 10.2 Å². The summed E-state index contributed by atoms with van der Waals surface area (Å²) in [7, 11) is 0. The maximum absolute atomic E-state index is 11.1. The van der Waals surface area contributed by atoms with Crippen LogP contribution in [0.4, 0.5) is 0 Å². The highest BCUT2D eigenvalue weighted by atomic mass is 16.3. The number of hydrogen-bond donors (Lipinski definition) is 2. The quantitative estimate of drug-likeness (QED) is 0.752. The highest BCUT2D eigenvalue weighted by Crippen LogP contribution is 2.64. The fourth-order valence-corrected chi connectivity index (χ4v) is 5.81. The largest absolute Gasteiger partial charge is 0.390 e. The molecule has 104 valence electrons. The molecule has 3 fully saturated rings. The van der Waals surface area contributed by atoms with E-state index < -0.39 is 11.2 Å². The first kappa shape index (κ1) is 12.9. The summed E-state index contributed by atoms with van der Waals surface area (Å²) in [5.74, 6) is 1.01. The van der Waals surface area contributed by atoms with Crippen molar-refractivity contribution >= 4 is 0 Å². The van der Waals surface area contributed by atoms with Crippen molar-refractivity contribution in [3.05, 3.63) is 0 Å². The van der Waals surface area contributed by atoms with Gasteiger partial charge in [-0.25, -0.2) is 0 Å². The lowest BCUT2D eigenvalue weighted by atomic mass is 9.44. The Bertz CT molecular complexity index is 322. The molecule has 18 heavy (non-hydrogen) atoms. The lowest BCUT2D eigenvalue weighted by Crippen LogP contribution is -2.64. The van der Waals surface area contributed by atoms with Crippen LogP contribution < -0.4 is 0 Å². The molecule has 3 aliphatic carbocycles. The molecule has 0 radical (unpaired) electrons. The van der Waals surface area contributed by atoms with E-state index in [1.54, 1.807) is 0 Å². The van der Waals surface area contributed by atoms with Gasteiger partial charge in [0.1, 0.15) is 0 Å². The van der Waals surface area contributed by atoms with Crippen LogP contribution in [0.25, 0.3) is 0 Å². The van der Waals surface area contributed by atoms with Crippen LogP contribution in [-0.2, 0) is 0 Å². The van der Waals surface area contributed by atoms with Crippen molar-refractivity contribution in [3.63, 3.8) is 0 Å². The highest BCUT2D eigenvalue weighted by Gasteiger charge is 2.62. The fraction of sp³-hybridized carbons (Fsp3) is 1.00. The van der Waals surface area contributed by atoms with E-state index in [-0.39, 0.29) is 5.41 Å². The lowest BCUT2D eigenvalue weighted by molar-refractivity contribution is -0.233. The molecule has 3 aliphatic rings. The van der Waals surface area contributed by atoms with Crippen LogP contribution in [0.3, 0.4) is 0 Å². The van der Waals surface area contributed by atoms with Crippen molar-refractivity contribution in [1.82, 2.24) is 0 Å². The standard InChI is InChI=1S/C16H28O2/c1-14(2,17)15-8-3-6-12-7-4-10-16(18,13(12)15)11-5-9-15/h12-13,17-18H,3-11H2,1-2H3. The second-order valence-electron chi connectivity index (χ2n) is 7.69. The minimum absolute atomic E-state index is 0.0245. The van der Waals surface area contributed by atoms with E-state index >= 15 is 0 Å². The molecule has 0 aliphatic heterocycles. The maximum Gasteiger partial charge on any atom is 0.0684 e. The number of hydrogen-bond acceptors (Lipinski definition) is 2. The van der Waals surface area contributed by atoms with E-state index in [1.807, 2.05) is 13.8 Å². The summed E-state index contributed by atoms with van der Waals surface area (Å²) >= 11 is 0. The third-order valence-electron chi connectivity index (χ3n) is 6.48. The van der Waals surface area contributed by atoms with Crippen LogP contribution in [0, 0.1) is 17.3 Å². The first-order valence-electron chi connectivity index (χ1n) is 7.84. The van der Waals surface area contributed by atoms with Gasteiger partial charge in [0, 0.05) is 5.41 Å². The SMILES string of the molecule is CC(C)(O)C12CCCC3CCCC(O)(CCC1)C32. The molecule has 0 aromatic rings. The zero-order valence-corrected chi connectivity index (χ0v) is 11.9. The predicted octanol–water partition coefficient (Wildman–Crippen LogP) is 3.26. The summed E-state index contributed by atoms with van der Waals surface area (Å²) in [5.41, 5.74) is -1.15. The van der Waals surface area contributed by atoms with E-state index in [4.69, 9.17) is 0 Å². The topological polar surface area (TPSA) is 40.5 Å². The minimum atomic E-state index is -0.651. The molecular weight excluding hydrogens is 224 g/mol. The van der Waals surface area contributed by atoms with Crippen LogP contribution >= 0.6 is 0 Å². The Kier molecular flexibility index (Phi) is 2.84. The molecule has 0 saturated heterocycles. The Hall–Kier alpha value is -0.0800. The molecule has 0 amide bonds. The van der Waals surface area contributed by atoms with E-state index in [2.05, 4.69) is 0 Å². The van der Waals surface area contributed by atoms with Gasteiger partial charge in [-0.2, -0.15) is 0 Å². The van der Waals surface area contributed by atoms with Crippen molar-refractivity contribution in [2.24, 2.45) is 17.3 Å². The second kappa shape index (κ2) is 3.96. The predicted molar refractivity (Wildman–Crippen MR) is 72.2 cm³/mol. The van der Waals surface area contributed by atoms with E-state index in [0.29, 0.717) is 11.8 Å². The Balaban J connectivity index is 2.05. The van der Waals surface area contributed by atoms with Gasteiger partial charge in [0.25, 0.3) is 0 Å². The molecule has 2 nitrogen and oxygen atoms in total. The molecule has 3 saturated carbocycles. The number of rotatable bonds is 1. The first-order chi connectivity index (χ1) is 8.39. The van der Waals surface area contributed by atoms with Gasteiger partial charge in [0.05, 0.1) is 11.2 Å². The molecule has 4 atom stereocenters. The van der Waals surface area contributed by atoms with Gasteiger partial charge in [-0.05, 0) is 64.2 Å². The van der Waals surface area contributed by atoms with Gasteiger partial charge in [0.2, 0.25) is 0 Å². The molecular formula is C16H28O2. The zero-order chi connectivity index (χ0) is 13.0. The summed E-state index contributed by atoms with van der Waals surface area (Å²) in [6.07, 6.45) is 10.2. The zero-order valence-electron chi connectivity index (χ0n) is 11.9. The highest BCUT2D eigenvalue weighted by molar-refractivity contribution is 5.12. The van der Waals surface area contributed by atoms with Crippen molar-refractivity contribution in [2.75, 3.05) is 0 Å². The molecule has 2 heteroatoms. The average Bonchev–Trinajstić information content (AvgIpc) is 2.27. The van der Waals surface area contributed by atoms with E-state index in [0.717, 1.165) is 32.1 Å². The summed E-state index contributed by atoms with van der Waals surface area (Å²) < 4.78 is 0. The Morgan fingerprint density at radius 2 is 1.50 bits per heavy atom. The monoisotopic (exact) mass is 252 g/mol. The maximum atomic E-state index is 11.1. The summed E-state index contributed by atoms with van der Waals surface area (Å²) in [4.78, 5) is 0. The van der Waals surface area contributed by atoms with Crippen LogP contribution in [0.2, 0.25) is 0 Å². The van der Waals surface area contributed by atoms with Gasteiger partial charge in [-0.1, -0.05) is 19.3 Å². The van der Waals surface area contributed by atoms with Gasteiger partial charge in [0.15, 0.2) is 0 Å². The average molecular weight is 252 g/mol. The van der Waals surface area contributed by atoms with Crippen LogP contribution in [0.15, 0.2) is 0 Å². The van der Waals surface area contributed by atoms with Crippen molar-refractivity contribution in [1.29, 1.82) is 0 Å². The molecule has 2 N–H and O–H groups in total. The molecule has 0 heterocycles. The lowest BCUT2D eigenvalue weighted by Gasteiger charge is -2.64. The van der Waals surface area contributed by atoms with Crippen molar-refractivity contribution in [2.45, 2.75) is 82.8 Å². The molecule has 0 bridgehead atoms. The van der Waals surface area contributed by atoms with Crippen molar-refractivity contribution in [3.8, 4) is 0 Å². The van der Waals surface area contributed by atoms with Crippen LogP contribution in [0.5, 0.6) is 0 Å². The molecule has 0 aromatic heterocycles. The molecule has 0 spiro atoms.